The number of carbonyl (C=O) groups is 1. The Kier molecular flexibility index (Phi) is 3.93. The number of rotatable bonds is 5. The van der Waals surface area contributed by atoms with Gasteiger partial charge in [-0.2, -0.15) is 0 Å². The predicted octanol–water partition coefficient (Wildman–Crippen LogP) is 0.418. The molecule has 0 radical (unpaired) electrons. The Morgan fingerprint density at radius 1 is 1.61 bits per heavy atom. The third kappa shape index (κ3) is 3.27. The van der Waals surface area contributed by atoms with E-state index >= 15 is 0 Å². The molecule has 0 unspecified atom stereocenters. The first-order chi connectivity index (χ1) is 8.59. The van der Waals surface area contributed by atoms with Crippen LogP contribution >= 0.6 is 0 Å². The number of carbonyl (C=O) groups excluding carboxylic acids is 1. The maximum atomic E-state index is 11.9. The lowest BCUT2D eigenvalue weighted by molar-refractivity contribution is -0.145. The molecule has 1 aliphatic rings. The topological polar surface area (TPSA) is 54.5 Å². The highest BCUT2D eigenvalue weighted by Crippen LogP contribution is 2.15. The summed E-state index contributed by atoms with van der Waals surface area (Å²) in [4.78, 5) is 17.6. The van der Waals surface area contributed by atoms with Crippen molar-refractivity contribution < 1.29 is 9.53 Å². The largest absolute Gasteiger partial charge is 0.363 e. The van der Waals surface area contributed by atoms with Gasteiger partial charge in [-0.25, -0.2) is 0 Å². The van der Waals surface area contributed by atoms with Crippen LogP contribution in [0.4, 0.5) is 0 Å². The first-order valence-corrected chi connectivity index (χ1v) is 6.07. The van der Waals surface area contributed by atoms with Gasteiger partial charge >= 0.3 is 0 Å². The molecule has 0 atom stereocenters. The van der Waals surface area contributed by atoms with Crippen molar-refractivity contribution in [3.63, 3.8) is 0 Å². The van der Waals surface area contributed by atoms with E-state index in [1.807, 2.05) is 19.1 Å². The summed E-state index contributed by atoms with van der Waals surface area (Å²) < 4.78 is 5.62. The monoisotopic (exact) mass is 249 g/mol. The number of likely N-dealkylation sites (N-methyl/N-ethyl adjacent to an activating group) is 1. The second-order valence-corrected chi connectivity index (χ2v) is 4.95. The normalized spacial score (nSPS) is 17.0. The molecule has 1 aromatic heterocycles. The molecule has 0 bridgehead atoms. The van der Waals surface area contributed by atoms with Crippen LogP contribution in [0.25, 0.3) is 0 Å². The number of hydrogen-bond donors (Lipinski definition) is 1. The number of amides is 1. The standard InChI is InChI=1S/C13H19N3O2/c1-13(9-15-10-13)18-8-12(17)16(2)7-11-4-3-5-14-6-11/h3-6,15H,7-10H2,1-2H3. The lowest BCUT2D eigenvalue weighted by atomic mass is 10.0. The van der Waals surface area contributed by atoms with Gasteiger partial charge in [-0.3, -0.25) is 9.78 Å². The summed E-state index contributed by atoms with van der Waals surface area (Å²) in [5.41, 5.74) is 0.843. The van der Waals surface area contributed by atoms with E-state index in [0.29, 0.717) is 6.54 Å². The highest BCUT2D eigenvalue weighted by molar-refractivity contribution is 5.77. The van der Waals surface area contributed by atoms with E-state index < -0.39 is 0 Å². The van der Waals surface area contributed by atoms with Gasteiger partial charge in [0, 0.05) is 39.1 Å². The minimum atomic E-state index is -0.176. The van der Waals surface area contributed by atoms with E-state index in [1.165, 1.54) is 0 Å². The molecule has 1 saturated heterocycles. The molecule has 1 aliphatic heterocycles. The van der Waals surface area contributed by atoms with E-state index in [2.05, 4.69) is 10.3 Å². The molecule has 5 nitrogen and oxygen atoms in total. The zero-order chi connectivity index (χ0) is 13.0. The lowest BCUT2D eigenvalue weighted by Gasteiger charge is -2.39. The molecule has 2 rings (SSSR count). The van der Waals surface area contributed by atoms with Gasteiger partial charge in [-0.05, 0) is 18.6 Å². The molecular formula is C13H19N3O2. The van der Waals surface area contributed by atoms with Crippen LogP contribution in [0.5, 0.6) is 0 Å². The zero-order valence-corrected chi connectivity index (χ0v) is 10.8. The molecule has 0 aliphatic carbocycles. The molecular weight excluding hydrogens is 230 g/mol. The van der Waals surface area contributed by atoms with E-state index in [-0.39, 0.29) is 18.1 Å². The minimum absolute atomic E-state index is 0.00743. The van der Waals surface area contributed by atoms with Crippen molar-refractivity contribution in [2.75, 3.05) is 26.7 Å². The van der Waals surface area contributed by atoms with E-state index in [4.69, 9.17) is 4.74 Å². The van der Waals surface area contributed by atoms with Crippen molar-refractivity contribution in [3.8, 4) is 0 Å². The van der Waals surface area contributed by atoms with Crippen LogP contribution in [-0.4, -0.2) is 48.1 Å². The Bertz CT molecular complexity index is 404. The van der Waals surface area contributed by atoms with Gasteiger partial charge < -0.3 is 15.0 Å². The summed E-state index contributed by atoms with van der Waals surface area (Å²) in [5.74, 6) is -0.00743. The summed E-state index contributed by atoms with van der Waals surface area (Å²) in [7, 11) is 1.78. The van der Waals surface area contributed by atoms with Crippen molar-refractivity contribution in [1.29, 1.82) is 0 Å². The van der Waals surface area contributed by atoms with Crippen LogP contribution in [0.1, 0.15) is 12.5 Å². The van der Waals surface area contributed by atoms with Crippen LogP contribution in [0.2, 0.25) is 0 Å². The minimum Gasteiger partial charge on any atom is -0.363 e. The SMILES string of the molecule is CN(Cc1cccnc1)C(=O)COC1(C)CNC1. The van der Waals surface area contributed by atoms with Crippen LogP contribution in [-0.2, 0) is 16.1 Å². The average Bonchev–Trinajstić information content (AvgIpc) is 2.34. The van der Waals surface area contributed by atoms with Crippen molar-refractivity contribution in [1.82, 2.24) is 15.2 Å². The van der Waals surface area contributed by atoms with Gasteiger partial charge in [0.1, 0.15) is 6.61 Å². The Hall–Kier alpha value is -1.46. The first kappa shape index (κ1) is 13.0. The Morgan fingerprint density at radius 2 is 2.39 bits per heavy atom. The smallest absolute Gasteiger partial charge is 0.248 e. The average molecular weight is 249 g/mol. The maximum absolute atomic E-state index is 11.9. The van der Waals surface area contributed by atoms with Crippen molar-refractivity contribution in [2.45, 2.75) is 19.1 Å². The lowest BCUT2D eigenvalue weighted by Crippen LogP contribution is -2.59. The van der Waals surface area contributed by atoms with Crippen LogP contribution in [0, 0.1) is 0 Å². The molecule has 0 saturated carbocycles. The quantitative estimate of drug-likeness (QED) is 0.821. The summed E-state index contributed by atoms with van der Waals surface area (Å²) in [6.45, 7) is 4.33. The Labute approximate surface area is 107 Å². The molecule has 18 heavy (non-hydrogen) atoms. The second-order valence-electron chi connectivity index (χ2n) is 4.95. The van der Waals surface area contributed by atoms with Gasteiger partial charge in [0.25, 0.3) is 0 Å². The summed E-state index contributed by atoms with van der Waals surface area (Å²) in [6.07, 6.45) is 3.49. The van der Waals surface area contributed by atoms with Gasteiger partial charge in [-0.15, -0.1) is 0 Å². The fraction of sp³-hybridized carbons (Fsp3) is 0.538. The molecule has 5 heteroatoms. The molecule has 1 amide bonds. The third-order valence-electron chi connectivity index (χ3n) is 3.11. The second kappa shape index (κ2) is 5.46. The van der Waals surface area contributed by atoms with E-state index in [1.54, 1.807) is 24.3 Å². The number of aromatic nitrogens is 1. The van der Waals surface area contributed by atoms with Crippen LogP contribution in [0.15, 0.2) is 24.5 Å². The molecule has 2 heterocycles. The Morgan fingerprint density at radius 3 is 2.94 bits per heavy atom. The fourth-order valence-electron chi connectivity index (χ4n) is 1.78. The number of nitrogens with one attached hydrogen (secondary N) is 1. The molecule has 1 aromatic rings. The maximum Gasteiger partial charge on any atom is 0.248 e. The fourth-order valence-corrected chi connectivity index (χ4v) is 1.78. The van der Waals surface area contributed by atoms with Crippen molar-refractivity contribution >= 4 is 5.91 Å². The summed E-state index contributed by atoms with van der Waals surface area (Å²) in [6, 6.07) is 3.82. The van der Waals surface area contributed by atoms with Crippen LogP contribution in [0.3, 0.4) is 0 Å². The highest BCUT2D eigenvalue weighted by Gasteiger charge is 2.33. The van der Waals surface area contributed by atoms with Gasteiger partial charge in [0.05, 0.1) is 5.60 Å². The van der Waals surface area contributed by atoms with Crippen molar-refractivity contribution in [3.05, 3.63) is 30.1 Å². The van der Waals surface area contributed by atoms with Gasteiger partial charge in [-0.1, -0.05) is 6.07 Å². The summed E-state index contributed by atoms with van der Waals surface area (Å²) >= 11 is 0. The van der Waals surface area contributed by atoms with Gasteiger partial charge in [0.15, 0.2) is 0 Å². The van der Waals surface area contributed by atoms with Gasteiger partial charge in [0.2, 0.25) is 5.91 Å². The number of ether oxygens (including phenoxy) is 1. The van der Waals surface area contributed by atoms with Crippen LogP contribution < -0.4 is 5.32 Å². The highest BCUT2D eigenvalue weighted by atomic mass is 16.5. The number of pyridine rings is 1. The molecule has 98 valence electrons. The Balaban J connectivity index is 1.78. The number of hydrogen-bond acceptors (Lipinski definition) is 4. The third-order valence-corrected chi connectivity index (χ3v) is 3.11. The molecule has 0 spiro atoms. The zero-order valence-electron chi connectivity index (χ0n) is 10.8. The molecule has 0 aromatic carbocycles. The number of nitrogens with zero attached hydrogens (tertiary/aromatic N) is 2. The predicted molar refractivity (Wildman–Crippen MR) is 67.9 cm³/mol. The van der Waals surface area contributed by atoms with Crippen molar-refractivity contribution in [2.24, 2.45) is 0 Å². The molecule has 1 N–H and O–H groups in total. The van der Waals surface area contributed by atoms with E-state index in [0.717, 1.165) is 18.7 Å². The molecule has 1 fully saturated rings. The summed E-state index contributed by atoms with van der Waals surface area (Å²) in [5, 5.41) is 3.14. The van der Waals surface area contributed by atoms with E-state index in [9.17, 15) is 4.79 Å². The first-order valence-electron chi connectivity index (χ1n) is 6.07.